The van der Waals surface area contributed by atoms with E-state index in [1.54, 1.807) is 24.3 Å². The molecule has 2 aromatic carbocycles. The molecule has 0 spiro atoms. The molecule has 0 bridgehead atoms. The van der Waals surface area contributed by atoms with E-state index in [0.29, 0.717) is 12.1 Å². The third-order valence-corrected chi connectivity index (χ3v) is 3.47. The molecule has 0 aliphatic carbocycles. The second-order valence-corrected chi connectivity index (χ2v) is 4.92. The van der Waals surface area contributed by atoms with Crippen molar-refractivity contribution >= 4 is 16.8 Å². The summed E-state index contributed by atoms with van der Waals surface area (Å²) in [5.74, 6) is 0.182. The van der Waals surface area contributed by atoms with E-state index >= 15 is 0 Å². The van der Waals surface area contributed by atoms with Crippen molar-refractivity contribution < 1.29 is 9.90 Å². The zero-order valence-electron chi connectivity index (χ0n) is 11.5. The Balaban J connectivity index is 1.63. The summed E-state index contributed by atoms with van der Waals surface area (Å²) in [6.07, 6.45) is 2.65. The van der Waals surface area contributed by atoms with Crippen LogP contribution in [0.3, 0.4) is 0 Å². The van der Waals surface area contributed by atoms with Crippen LogP contribution in [0.5, 0.6) is 5.75 Å². The van der Waals surface area contributed by atoms with Gasteiger partial charge in [0, 0.05) is 35.3 Å². The quantitative estimate of drug-likeness (QED) is 0.688. The Labute approximate surface area is 122 Å². The highest BCUT2D eigenvalue weighted by atomic mass is 16.3. The molecular formula is C17H16N2O2. The number of carbonyl (C=O) groups excluding carboxylic acids is 1. The van der Waals surface area contributed by atoms with Gasteiger partial charge in [0.1, 0.15) is 5.75 Å². The molecule has 4 heteroatoms. The number of phenolic OH excluding ortho intramolecular Hbond substituents is 1. The van der Waals surface area contributed by atoms with Gasteiger partial charge < -0.3 is 15.4 Å². The molecule has 0 radical (unpaired) electrons. The van der Waals surface area contributed by atoms with Gasteiger partial charge in [-0.2, -0.15) is 0 Å². The number of amides is 1. The van der Waals surface area contributed by atoms with E-state index in [1.165, 1.54) is 0 Å². The predicted octanol–water partition coefficient (Wildman–Crippen LogP) is 2.85. The summed E-state index contributed by atoms with van der Waals surface area (Å²) in [6.45, 7) is 0.571. The number of phenols is 1. The monoisotopic (exact) mass is 280 g/mol. The smallest absolute Gasteiger partial charge is 0.251 e. The van der Waals surface area contributed by atoms with Gasteiger partial charge in [-0.1, -0.05) is 18.2 Å². The molecule has 3 rings (SSSR count). The maximum absolute atomic E-state index is 11.9. The second kappa shape index (κ2) is 5.71. The average Bonchev–Trinajstić information content (AvgIpc) is 2.90. The van der Waals surface area contributed by atoms with E-state index < -0.39 is 0 Å². The van der Waals surface area contributed by atoms with Crippen LogP contribution in [0.2, 0.25) is 0 Å². The van der Waals surface area contributed by atoms with Crippen LogP contribution in [-0.4, -0.2) is 22.5 Å². The lowest BCUT2D eigenvalue weighted by atomic mass is 10.1. The molecule has 0 aliphatic rings. The highest BCUT2D eigenvalue weighted by Gasteiger charge is 2.06. The fraction of sp³-hybridized carbons (Fsp3) is 0.118. The standard InChI is InChI=1S/C17H16N2O2/c20-14-6-7-15-13(11-19-16(15)10-14)8-9-18-17(21)12-4-2-1-3-5-12/h1-7,10-11,19-20H,8-9H2,(H,18,21). The molecule has 0 fully saturated rings. The molecule has 106 valence electrons. The first-order chi connectivity index (χ1) is 10.2. The number of benzene rings is 2. The highest BCUT2D eigenvalue weighted by molar-refractivity contribution is 5.94. The van der Waals surface area contributed by atoms with Crippen molar-refractivity contribution in [1.82, 2.24) is 10.3 Å². The molecule has 21 heavy (non-hydrogen) atoms. The number of fused-ring (bicyclic) bond motifs is 1. The van der Waals surface area contributed by atoms with Crippen molar-refractivity contribution in [2.45, 2.75) is 6.42 Å². The number of H-pyrrole nitrogens is 1. The summed E-state index contributed by atoms with van der Waals surface area (Å²) in [7, 11) is 0. The topological polar surface area (TPSA) is 65.1 Å². The maximum Gasteiger partial charge on any atom is 0.251 e. The van der Waals surface area contributed by atoms with Gasteiger partial charge in [-0.15, -0.1) is 0 Å². The lowest BCUT2D eigenvalue weighted by molar-refractivity contribution is 0.0954. The normalized spacial score (nSPS) is 10.7. The predicted molar refractivity (Wildman–Crippen MR) is 82.4 cm³/mol. The van der Waals surface area contributed by atoms with E-state index in [0.717, 1.165) is 22.9 Å². The van der Waals surface area contributed by atoms with Gasteiger partial charge in [0.2, 0.25) is 0 Å². The Morgan fingerprint density at radius 2 is 1.95 bits per heavy atom. The molecule has 1 heterocycles. The Morgan fingerprint density at radius 1 is 1.14 bits per heavy atom. The van der Waals surface area contributed by atoms with E-state index in [4.69, 9.17) is 0 Å². The summed E-state index contributed by atoms with van der Waals surface area (Å²) in [5, 5.41) is 13.4. The second-order valence-electron chi connectivity index (χ2n) is 4.92. The lowest BCUT2D eigenvalue weighted by Gasteiger charge is -2.04. The van der Waals surface area contributed by atoms with Crippen LogP contribution in [0.1, 0.15) is 15.9 Å². The summed E-state index contributed by atoms with van der Waals surface area (Å²) >= 11 is 0. The van der Waals surface area contributed by atoms with Crippen LogP contribution < -0.4 is 5.32 Å². The van der Waals surface area contributed by atoms with Crippen LogP contribution in [-0.2, 0) is 6.42 Å². The van der Waals surface area contributed by atoms with Gasteiger partial charge in [-0.05, 0) is 36.2 Å². The number of aromatic amines is 1. The van der Waals surface area contributed by atoms with Crippen LogP contribution in [0.15, 0.2) is 54.7 Å². The van der Waals surface area contributed by atoms with E-state index in [2.05, 4.69) is 10.3 Å². The number of hydrogen-bond donors (Lipinski definition) is 3. The van der Waals surface area contributed by atoms with E-state index in [1.807, 2.05) is 30.5 Å². The molecule has 1 aromatic heterocycles. The van der Waals surface area contributed by atoms with Crippen LogP contribution >= 0.6 is 0 Å². The van der Waals surface area contributed by atoms with E-state index in [9.17, 15) is 9.90 Å². The van der Waals surface area contributed by atoms with Crippen molar-refractivity contribution in [2.24, 2.45) is 0 Å². The first kappa shape index (κ1) is 13.2. The van der Waals surface area contributed by atoms with Crippen LogP contribution in [0.4, 0.5) is 0 Å². The van der Waals surface area contributed by atoms with Crippen LogP contribution in [0.25, 0.3) is 10.9 Å². The number of aromatic nitrogens is 1. The first-order valence-corrected chi connectivity index (χ1v) is 6.86. The number of aromatic hydroxyl groups is 1. The zero-order chi connectivity index (χ0) is 14.7. The Bertz CT molecular complexity index is 763. The Morgan fingerprint density at radius 3 is 2.76 bits per heavy atom. The van der Waals surface area contributed by atoms with Crippen molar-refractivity contribution in [3.63, 3.8) is 0 Å². The number of hydrogen-bond acceptors (Lipinski definition) is 2. The summed E-state index contributed by atoms with van der Waals surface area (Å²) in [6, 6.07) is 14.4. The van der Waals surface area contributed by atoms with Gasteiger partial charge in [0.25, 0.3) is 5.91 Å². The number of nitrogens with one attached hydrogen (secondary N) is 2. The van der Waals surface area contributed by atoms with E-state index in [-0.39, 0.29) is 11.7 Å². The van der Waals surface area contributed by atoms with Gasteiger partial charge in [-0.25, -0.2) is 0 Å². The van der Waals surface area contributed by atoms with Crippen molar-refractivity contribution in [3.8, 4) is 5.75 Å². The SMILES string of the molecule is O=C(NCCc1c[nH]c2cc(O)ccc12)c1ccccc1. The molecule has 3 aromatic rings. The third-order valence-electron chi connectivity index (χ3n) is 3.47. The minimum Gasteiger partial charge on any atom is -0.508 e. The minimum absolute atomic E-state index is 0.0620. The van der Waals surface area contributed by atoms with Crippen molar-refractivity contribution in [3.05, 3.63) is 65.9 Å². The molecule has 0 atom stereocenters. The van der Waals surface area contributed by atoms with Gasteiger partial charge in [-0.3, -0.25) is 4.79 Å². The van der Waals surface area contributed by atoms with Crippen molar-refractivity contribution in [1.29, 1.82) is 0 Å². The minimum atomic E-state index is -0.0620. The Kier molecular flexibility index (Phi) is 3.60. The molecule has 0 aliphatic heterocycles. The molecule has 0 unspecified atom stereocenters. The molecule has 4 nitrogen and oxygen atoms in total. The number of carbonyl (C=O) groups is 1. The summed E-state index contributed by atoms with van der Waals surface area (Å²) in [4.78, 5) is 15.1. The molecule has 3 N–H and O–H groups in total. The first-order valence-electron chi connectivity index (χ1n) is 6.86. The van der Waals surface area contributed by atoms with Crippen molar-refractivity contribution in [2.75, 3.05) is 6.54 Å². The average molecular weight is 280 g/mol. The van der Waals surface area contributed by atoms with Gasteiger partial charge >= 0.3 is 0 Å². The molecule has 1 amide bonds. The van der Waals surface area contributed by atoms with Gasteiger partial charge in [0.15, 0.2) is 0 Å². The fourth-order valence-corrected chi connectivity index (χ4v) is 2.38. The Hall–Kier alpha value is -2.75. The summed E-state index contributed by atoms with van der Waals surface area (Å²) < 4.78 is 0. The number of rotatable bonds is 4. The molecular weight excluding hydrogens is 264 g/mol. The highest BCUT2D eigenvalue weighted by Crippen LogP contribution is 2.22. The maximum atomic E-state index is 11.9. The third kappa shape index (κ3) is 2.89. The lowest BCUT2D eigenvalue weighted by Crippen LogP contribution is -2.25. The van der Waals surface area contributed by atoms with Gasteiger partial charge in [0.05, 0.1) is 0 Å². The fourth-order valence-electron chi connectivity index (χ4n) is 2.38. The molecule has 0 saturated carbocycles. The summed E-state index contributed by atoms with van der Waals surface area (Å²) in [5.41, 5.74) is 2.69. The zero-order valence-corrected chi connectivity index (χ0v) is 11.5. The largest absolute Gasteiger partial charge is 0.508 e. The molecule has 0 saturated heterocycles. The van der Waals surface area contributed by atoms with Crippen LogP contribution in [0, 0.1) is 0 Å².